The Balaban J connectivity index is 1.90. The molecule has 1 aliphatic heterocycles. The Hall–Kier alpha value is -2.79. The van der Waals surface area contributed by atoms with Crippen molar-refractivity contribution in [1.82, 2.24) is 4.90 Å². The fourth-order valence-corrected chi connectivity index (χ4v) is 3.29. The topological polar surface area (TPSA) is 51.9 Å². The molecular weight excluding hydrogens is 330 g/mol. The van der Waals surface area contributed by atoms with Gasteiger partial charge in [-0.1, -0.05) is 12.1 Å². The van der Waals surface area contributed by atoms with Gasteiger partial charge >= 0.3 is 5.63 Å². The maximum Gasteiger partial charge on any atom is 0.336 e. The molecule has 0 spiro atoms. The molecule has 5 heteroatoms. The molecule has 0 radical (unpaired) electrons. The van der Waals surface area contributed by atoms with E-state index in [4.69, 9.17) is 13.9 Å². The molecule has 134 valence electrons. The maximum atomic E-state index is 12.3. The number of ether oxygens (including phenoxy) is 2. The molecule has 0 saturated carbocycles. The van der Waals surface area contributed by atoms with Gasteiger partial charge in [0.1, 0.15) is 23.8 Å². The van der Waals surface area contributed by atoms with Gasteiger partial charge in [0.25, 0.3) is 0 Å². The minimum Gasteiger partial charge on any atom is -0.497 e. The highest BCUT2D eigenvalue weighted by atomic mass is 16.5. The van der Waals surface area contributed by atoms with Crippen molar-refractivity contribution in [3.63, 3.8) is 0 Å². The predicted octanol–water partition coefficient (Wildman–Crippen LogP) is 4.03. The molecule has 2 aromatic carbocycles. The van der Waals surface area contributed by atoms with Crippen LogP contribution in [0.25, 0.3) is 22.1 Å². The third-order valence-electron chi connectivity index (χ3n) is 4.85. The molecule has 0 amide bonds. The minimum atomic E-state index is -0.363. The molecule has 0 atom stereocenters. The van der Waals surface area contributed by atoms with E-state index in [1.807, 2.05) is 36.4 Å². The highest BCUT2D eigenvalue weighted by Crippen LogP contribution is 2.36. The van der Waals surface area contributed by atoms with E-state index in [0.717, 1.165) is 33.6 Å². The van der Waals surface area contributed by atoms with Crippen LogP contribution < -0.4 is 15.1 Å². The SMILES string of the molecule is COc1ccc(-c2cc(=O)oc3c4c(ccc23)OCN(C(C)C)C4)cc1. The van der Waals surface area contributed by atoms with Crippen LogP contribution in [0.4, 0.5) is 0 Å². The Morgan fingerprint density at radius 1 is 1.12 bits per heavy atom. The van der Waals surface area contributed by atoms with Crippen molar-refractivity contribution in [2.75, 3.05) is 13.8 Å². The van der Waals surface area contributed by atoms with Gasteiger partial charge in [-0.15, -0.1) is 0 Å². The van der Waals surface area contributed by atoms with Crippen LogP contribution in [0.15, 0.2) is 51.7 Å². The van der Waals surface area contributed by atoms with Crippen LogP contribution in [-0.2, 0) is 6.54 Å². The third-order valence-corrected chi connectivity index (χ3v) is 4.85. The lowest BCUT2D eigenvalue weighted by Crippen LogP contribution is -2.37. The second-order valence-corrected chi connectivity index (χ2v) is 6.74. The van der Waals surface area contributed by atoms with E-state index >= 15 is 0 Å². The molecule has 0 N–H and O–H groups in total. The quantitative estimate of drug-likeness (QED) is 0.667. The van der Waals surface area contributed by atoms with E-state index in [0.29, 0.717) is 24.9 Å². The summed E-state index contributed by atoms with van der Waals surface area (Å²) < 4.78 is 16.7. The predicted molar refractivity (Wildman–Crippen MR) is 101 cm³/mol. The molecule has 1 aromatic heterocycles. The van der Waals surface area contributed by atoms with E-state index in [9.17, 15) is 4.79 Å². The smallest absolute Gasteiger partial charge is 0.336 e. The van der Waals surface area contributed by atoms with E-state index in [-0.39, 0.29) is 5.63 Å². The van der Waals surface area contributed by atoms with Crippen molar-refractivity contribution in [2.45, 2.75) is 26.4 Å². The number of hydrogen-bond donors (Lipinski definition) is 0. The van der Waals surface area contributed by atoms with Gasteiger partial charge in [-0.05, 0) is 49.2 Å². The Morgan fingerprint density at radius 3 is 2.58 bits per heavy atom. The summed E-state index contributed by atoms with van der Waals surface area (Å²) in [7, 11) is 1.63. The molecule has 0 unspecified atom stereocenters. The molecule has 0 bridgehead atoms. The van der Waals surface area contributed by atoms with Crippen LogP contribution in [-0.4, -0.2) is 24.8 Å². The Morgan fingerprint density at radius 2 is 1.88 bits per heavy atom. The summed E-state index contributed by atoms with van der Waals surface area (Å²) in [5, 5.41) is 0.905. The first-order chi connectivity index (χ1) is 12.6. The van der Waals surface area contributed by atoms with Gasteiger partial charge in [-0.2, -0.15) is 0 Å². The normalized spacial score (nSPS) is 14.3. The molecule has 0 saturated heterocycles. The van der Waals surface area contributed by atoms with Crippen LogP contribution in [0.1, 0.15) is 19.4 Å². The fraction of sp³-hybridized carbons (Fsp3) is 0.286. The molecule has 1 aliphatic rings. The van der Waals surface area contributed by atoms with E-state index in [1.54, 1.807) is 13.2 Å². The highest BCUT2D eigenvalue weighted by molar-refractivity contribution is 5.95. The monoisotopic (exact) mass is 351 g/mol. The number of hydrogen-bond acceptors (Lipinski definition) is 5. The average Bonchev–Trinajstić information content (AvgIpc) is 2.66. The van der Waals surface area contributed by atoms with Crippen LogP contribution in [0, 0.1) is 0 Å². The number of rotatable bonds is 3. The second kappa shape index (κ2) is 6.50. The Labute approximate surface area is 151 Å². The van der Waals surface area contributed by atoms with Gasteiger partial charge in [-0.3, -0.25) is 4.90 Å². The van der Waals surface area contributed by atoms with Gasteiger partial charge < -0.3 is 13.9 Å². The molecule has 5 nitrogen and oxygen atoms in total. The number of fused-ring (bicyclic) bond motifs is 3. The molecule has 26 heavy (non-hydrogen) atoms. The van der Waals surface area contributed by atoms with Crippen LogP contribution in [0.3, 0.4) is 0 Å². The zero-order valence-electron chi connectivity index (χ0n) is 15.1. The molecule has 2 heterocycles. The largest absolute Gasteiger partial charge is 0.497 e. The molecule has 3 aromatic rings. The zero-order valence-corrected chi connectivity index (χ0v) is 15.1. The summed E-state index contributed by atoms with van der Waals surface area (Å²) in [6.07, 6.45) is 0. The van der Waals surface area contributed by atoms with Crippen molar-refractivity contribution < 1.29 is 13.9 Å². The first-order valence-electron chi connectivity index (χ1n) is 8.68. The van der Waals surface area contributed by atoms with E-state index in [1.165, 1.54) is 0 Å². The van der Waals surface area contributed by atoms with Crippen LogP contribution in [0.2, 0.25) is 0 Å². The van der Waals surface area contributed by atoms with Crippen molar-refractivity contribution in [2.24, 2.45) is 0 Å². The maximum absolute atomic E-state index is 12.3. The molecule has 0 fully saturated rings. The summed E-state index contributed by atoms with van der Waals surface area (Å²) in [5.41, 5.74) is 2.96. The van der Waals surface area contributed by atoms with Gasteiger partial charge in [0.05, 0.1) is 12.7 Å². The van der Waals surface area contributed by atoms with Crippen LogP contribution in [0.5, 0.6) is 11.5 Å². The number of methoxy groups -OCH3 is 1. The molecule has 4 rings (SSSR count). The van der Waals surface area contributed by atoms with E-state index < -0.39 is 0 Å². The van der Waals surface area contributed by atoms with Crippen molar-refractivity contribution in [1.29, 1.82) is 0 Å². The molecule has 0 aliphatic carbocycles. The molecular formula is C21H21NO4. The fourth-order valence-electron chi connectivity index (χ4n) is 3.29. The van der Waals surface area contributed by atoms with Gasteiger partial charge in [0, 0.05) is 24.0 Å². The summed E-state index contributed by atoms with van der Waals surface area (Å²) in [5.74, 6) is 1.56. The lowest BCUT2D eigenvalue weighted by Gasteiger charge is -2.32. The number of benzene rings is 2. The van der Waals surface area contributed by atoms with Crippen molar-refractivity contribution >= 4 is 11.0 Å². The van der Waals surface area contributed by atoms with E-state index in [2.05, 4.69) is 18.7 Å². The Bertz CT molecular complexity index is 1000. The lowest BCUT2D eigenvalue weighted by molar-refractivity contribution is 0.0689. The minimum absolute atomic E-state index is 0.342. The van der Waals surface area contributed by atoms with Gasteiger partial charge in [-0.25, -0.2) is 4.79 Å². The first kappa shape index (κ1) is 16.7. The Kier molecular flexibility index (Phi) is 4.17. The van der Waals surface area contributed by atoms with Gasteiger partial charge in [0.2, 0.25) is 0 Å². The van der Waals surface area contributed by atoms with Crippen molar-refractivity contribution in [3.8, 4) is 22.6 Å². The van der Waals surface area contributed by atoms with Crippen molar-refractivity contribution in [3.05, 3.63) is 58.4 Å². The first-order valence-corrected chi connectivity index (χ1v) is 8.68. The number of nitrogens with zero attached hydrogens (tertiary/aromatic N) is 1. The summed E-state index contributed by atoms with van der Waals surface area (Å²) >= 11 is 0. The highest BCUT2D eigenvalue weighted by Gasteiger charge is 2.24. The summed E-state index contributed by atoms with van der Waals surface area (Å²) in [6, 6.07) is 13.5. The summed E-state index contributed by atoms with van der Waals surface area (Å²) in [6.45, 7) is 5.48. The van der Waals surface area contributed by atoms with Crippen LogP contribution >= 0.6 is 0 Å². The average molecular weight is 351 g/mol. The third kappa shape index (κ3) is 2.84. The lowest BCUT2D eigenvalue weighted by atomic mass is 9.99. The standard InChI is InChI=1S/C21H21NO4/c1-13(2)22-11-18-19(25-12-22)9-8-16-17(10-20(23)26-21(16)18)14-4-6-15(24-3)7-5-14/h4-10,13H,11-12H2,1-3H3. The van der Waals surface area contributed by atoms with Gasteiger partial charge in [0.15, 0.2) is 0 Å². The second-order valence-electron chi connectivity index (χ2n) is 6.74. The summed E-state index contributed by atoms with van der Waals surface area (Å²) in [4.78, 5) is 14.5. The zero-order chi connectivity index (χ0) is 18.3.